The number of unbranched alkanes of at least 4 members (excludes halogenated alkanes) is 3. The van der Waals surface area contributed by atoms with Crippen molar-refractivity contribution in [1.29, 1.82) is 0 Å². The Balaban J connectivity index is 1.24. The fourth-order valence-electron chi connectivity index (χ4n) is 2.94. The summed E-state index contributed by atoms with van der Waals surface area (Å²) in [6.45, 7) is 0. The number of carbonyl (C=O) groups excluding carboxylic acids is 2. The first kappa shape index (κ1) is 23.0. The van der Waals surface area contributed by atoms with Gasteiger partial charge in [-0.1, -0.05) is 91.3 Å². The first-order valence-electron chi connectivity index (χ1n) is 10.4. The van der Waals surface area contributed by atoms with Crippen LogP contribution in [-0.4, -0.2) is 21.8 Å². The van der Waals surface area contributed by atoms with Crippen LogP contribution >= 0.6 is 23.1 Å². The Hall–Kier alpha value is -2.70. The molecule has 0 unspecified atom stereocenters. The van der Waals surface area contributed by atoms with E-state index in [0.717, 1.165) is 48.3 Å². The van der Waals surface area contributed by atoms with E-state index in [1.165, 1.54) is 23.1 Å². The molecule has 31 heavy (non-hydrogen) atoms. The van der Waals surface area contributed by atoms with E-state index in [-0.39, 0.29) is 11.0 Å². The molecule has 0 radical (unpaired) electrons. The Morgan fingerprint density at radius 2 is 1.65 bits per heavy atom. The van der Waals surface area contributed by atoms with Gasteiger partial charge in [-0.3, -0.25) is 9.59 Å². The van der Waals surface area contributed by atoms with Crippen LogP contribution in [0.5, 0.6) is 0 Å². The number of benzene rings is 2. The molecule has 2 aromatic carbocycles. The summed E-state index contributed by atoms with van der Waals surface area (Å²) < 4.78 is 0. The van der Waals surface area contributed by atoms with Crippen molar-refractivity contribution in [2.45, 2.75) is 32.1 Å². The zero-order chi connectivity index (χ0) is 21.7. The lowest BCUT2D eigenvalue weighted by molar-refractivity contribution is -0.116. The highest BCUT2D eigenvalue weighted by Gasteiger charge is 2.08. The highest BCUT2D eigenvalue weighted by Crippen LogP contribution is 2.24. The van der Waals surface area contributed by atoms with Crippen LogP contribution in [0, 0.1) is 0 Å². The molecule has 1 amide bonds. The van der Waals surface area contributed by atoms with E-state index >= 15 is 0 Å². The third-order valence-electron chi connectivity index (χ3n) is 4.57. The number of amides is 1. The number of nitrogens with zero attached hydrogens (tertiary/aromatic N) is 1. The van der Waals surface area contributed by atoms with Crippen molar-refractivity contribution in [1.82, 2.24) is 4.98 Å². The predicted molar refractivity (Wildman–Crippen MR) is 132 cm³/mol. The summed E-state index contributed by atoms with van der Waals surface area (Å²) in [5.41, 5.74) is 2.96. The van der Waals surface area contributed by atoms with Crippen LogP contribution in [0.4, 0.5) is 5.13 Å². The summed E-state index contributed by atoms with van der Waals surface area (Å²) in [5, 5.41) is 5.57. The average molecular weight is 451 g/mol. The van der Waals surface area contributed by atoms with Gasteiger partial charge in [0, 0.05) is 23.1 Å². The van der Waals surface area contributed by atoms with E-state index in [2.05, 4.69) is 10.3 Å². The van der Waals surface area contributed by atoms with E-state index in [4.69, 9.17) is 0 Å². The number of nitrogens with one attached hydrogen (secondary N) is 1. The SMILES string of the molecule is O=C(CCCCCCSC(=O)/C=C/c1ccccc1)Nc1nc(-c2ccccc2)cs1. The summed E-state index contributed by atoms with van der Waals surface area (Å²) in [6, 6.07) is 19.7. The first-order chi connectivity index (χ1) is 15.2. The Morgan fingerprint density at radius 1 is 0.935 bits per heavy atom. The molecule has 1 heterocycles. The van der Waals surface area contributed by atoms with E-state index in [0.29, 0.717) is 11.6 Å². The number of carbonyl (C=O) groups is 2. The topological polar surface area (TPSA) is 59.1 Å². The molecule has 4 nitrogen and oxygen atoms in total. The standard InChI is InChI=1S/C25H26N2O2S2/c28-23(27-25-26-22(19-31-25)21-13-7-4-8-14-21)15-9-1-2-10-18-30-24(29)17-16-20-11-5-3-6-12-20/h3-8,11-14,16-17,19H,1-2,9-10,15,18H2,(H,26,27,28)/b17-16+. The van der Waals surface area contributed by atoms with Crippen LogP contribution < -0.4 is 5.32 Å². The number of hydrogen-bond donors (Lipinski definition) is 1. The maximum Gasteiger partial charge on any atom is 0.226 e. The molecule has 0 spiro atoms. The lowest BCUT2D eigenvalue weighted by Gasteiger charge is -2.02. The van der Waals surface area contributed by atoms with Gasteiger partial charge in [0.2, 0.25) is 11.0 Å². The molecule has 1 N–H and O–H groups in total. The summed E-state index contributed by atoms with van der Waals surface area (Å²) in [5.74, 6) is 0.815. The molecule has 1 aromatic heterocycles. The van der Waals surface area contributed by atoms with E-state index in [1.807, 2.05) is 72.1 Å². The molecule has 160 valence electrons. The second-order valence-electron chi connectivity index (χ2n) is 7.03. The van der Waals surface area contributed by atoms with Crippen LogP contribution in [0.2, 0.25) is 0 Å². The number of hydrogen-bond acceptors (Lipinski definition) is 5. The summed E-state index contributed by atoms with van der Waals surface area (Å²) in [6.07, 6.45) is 7.79. The van der Waals surface area contributed by atoms with Gasteiger partial charge in [-0.25, -0.2) is 4.98 Å². The van der Waals surface area contributed by atoms with Gasteiger partial charge in [-0.15, -0.1) is 11.3 Å². The third-order valence-corrected chi connectivity index (χ3v) is 6.25. The second-order valence-corrected chi connectivity index (χ2v) is 8.99. The maximum atomic E-state index is 12.1. The molecule has 0 fully saturated rings. The monoisotopic (exact) mass is 450 g/mol. The highest BCUT2D eigenvalue weighted by atomic mass is 32.2. The minimum Gasteiger partial charge on any atom is -0.302 e. The minimum absolute atomic E-state index is 0.00423. The van der Waals surface area contributed by atoms with Crippen molar-refractivity contribution in [3.63, 3.8) is 0 Å². The normalized spacial score (nSPS) is 11.0. The molecule has 0 saturated heterocycles. The predicted octanol–water partition coefficient (Wildman–Crippen LogP) is 6.67. The lowest BCUT2D eigenvalue weighted by Crippen LogP contribution is -2.10. The van der Waals surface area contributed by atoms with E-state index in [1.54, 1.807) is 6.08 Å². The number of thioether (sulfide) groups is 1. The minimum atomic E-state index is 0.00423. The summed E-state index contributed by atoms with van der Waals surface area (Å²) >= 11 is 2.80. The van der Waals surface area contributed by atoms with Gasteiger partial charge >= 0.3 is 0 Å². The van der Waals surface area contributed by atoms with Crippen molar-refractivity contribution >= 4 is 45.3 Å². The van der Waals surface area contributed by atoms with Crippen LogP contribution in [0.25, 0.3) is 17.3 Å². The van der Waals surface area contributed by atoms with Gasteiger partial charge < -0.3 is 5.32 Å². The highest BCUT2D eigenvalue weighted by molar-refractivity contribution is 8.14. The van der Waals surface area contributed by atoms with Crippen LogP contribution in [0.3, 0.4) is 0 Å². The van der Waals surface area contributed by atoms with Crippen molar-refractivity contribution in [3.05, 3.63) is 77.7 Å². The molecule has 0 bridgehead atoms. The lowest BCUT2D eigenvalue weighted by atomic mass is 10.1. The molecule has 0 aliphatic carbocycles. The van der Waals surface area contributed by atoms with Crippen molar-refractivity contribution in [3.8, 4) is 11.3 Å². The van der Waals surface area contributed by atoms with E-state index in [9.17, 15) is 9.59 Å². The Morgan fingerprint density at radius 3 is 2.42 bits per heavy atom. The van der Waals surface area contributed by atoms with Gasteiger partial charge in [0.05, 0.1) is 5.69 Å². The molecule has 0 aliphatic rings. The Labute approximate surface area is 191 Å². The fraction of sp³-hybridized carbons (Fsp3) is 0.240. The largest absolute Gasteiger partial charge is 0.302 e. The second kappa shape index (κ2) is 12.9. The first-order valence-corrected chi connectivity index (χ1v) is 12.3. The molecular weight excluding hydrogens is 424 g/mol. The number of aromatic nitrogens is 1. The maximum absolute atomic E-state index is 12.1. The van der Waals surface area contributed by atoms with Crippen LogP contribution in [-0.2, 0) is 9.59 Å². The zero-order valence-corrected chi connectivity index (χ0v) is 19.0. The molecule has 3 rings (SSSR count). The summed E-state index contributed by atoms with van der Waals surface area (Å²) in [4.78, 5) is 28.5. The quantitative estimate of drug-likeness (QED) is 0.262. The Bertz CT molecular complexity index is 985. The number of thiazole rings is 1. The number of anilines is 1. The van der Waals surface area contributed by atoms with Crippen molar-refractivity contribution in [2.75, 3.05) is 11.1 Å². The van der Waals surface area contributed by atoms with Crippen LogP contribution in [0.1, 0.15) is 37.7 Å². The van der Waals surface area contributed by atoms with E-state index < -0.39 is 0 Å². The molecule has 3 aromatic rings. The van der Waals surface area contributed by atoms with Gasteiger partial charge in [0.1, 0.15) is 0 Å². The molecular formula is C25H26N2O2S2. The number of rotatable bonds is 11. The van der Waals surface area contributed by atoms with Crippen molar-refractivity contribution in [2.24, 2.45) is 0 Å². The van der Waals surface area contributed by atoms with Gasteiger partial charge in [0.15, 0.2) is 5.13 Å². The molecule has 0 saturated carbocycles. The molecule has 0 atom stereocenters. The average Bonchev–Trinajstić information content (AvgIpc) is 3.26. The van der Waals surface area contributed by atoms with Crippen LogP contribution in [0.15, 0.2) is 72.1 Å². The molecule has 6 heteroatoms. The zero-order valence-electron chi connectivity index (χ0n) is 17.3. The van der Waals surface area contributed by atoms with Gasteiger partial charge in [0.25, 0.3) is 0 Å². The smallest absolute Gasteiger partial charge is 0.226 e. The summed E-state index contributed by atoms with van der Waals surface area (Å²) in [7, 11) is 0. The molecule has 0 aliphatic heterocycles. The third kappa shape index (κ3) is 8.52. The Kier molecular flexibility index (Phi) is 9.54. The fourth-order valence-corrected chi connectivity index (χ4v) is 4.39. The van der Waals surface area contributed by atoms with Crippen molar-refractivity contribution < 1.29 is 9.59 Å². The van der Waals surface area contributed by atoms with Gasteiger partial charge in [-0.05, 0) is 24.5 Å². The van der Waals surface area contributed by atoms with Gasteiger partial charge in [-0.2, -0.15) is 0 Å².